The number of amides is 1. The maximum absolute atomic E-state index is 12.9. The zero-order valence-corrected chi connectivity index (χ0v) is 14.1. The van der Waals surface area contributed by atoms with Crippen LogP contribution < -0.4 is 5.73 Å². The number of carbonyl (C=O) groups is 1. The standard InChI is InChI=1S/C20H24N2O2/c1-13-10-18(13)19-9-8-17(24-19)12-22(16-6-7-16)20(23)15-4-2-14(11-21)3-5-15/h2-5,8-9,13,16,18H,6-7,10-12,21H2,1H3. The van der Waals surface area contributed by atoms with Gasteiger partial charge in [0.15, 0.2) is 0 Å². The predicted molar refractivity (Wildman–Crippen MR) is 92.5 cm³/mol. The monoisotopic (exact) mass is 324 g/mol. The molecule has 2 fully saturated rings. The lowest BCUT2D eigenvalue weighted by atomic mass is 10.1. The van der Waals surface area contributed by atoms with Crippen LogP contribution in [0.15, 0.2) is 40.8 Å². The molecule has 0 spiro atoms. The number of nitrogens with two attached hydrogens (primary N) is 1. The van der Waals surface area contributed by atoms with Crippen LogP contribution in [-0.4, -0.2) is 16.8 Å². The molecule has 4 nitrogen and oxygen atoms in total. The first-order valence-corrected chi connectivity index (χ1v) is 8.84. The van der Waals surface area contributed by atoms with E-state index in [-0.39, 0.29) is 5.91 Å². The highest BCUT2D eigenvalue weighted by atomic mass is 16.3. The topological polar surface area (TPSA) is 59.5 Å². The lowest BCUT2D eigenvalue weighted by Crippen LogP contribution is -2.32. The summed E-state index contributed by atoms with van der Waals surface area (Å²) in [6.07, 6.45) is 3.38. The van der Waals surface area contributed by atoms with E-state index < -0.39 is 0 Å². The summed E-state index contributed by atoms with van der Waals surface area (Å²) < 4.78 is 6.00. The van der Waals surface area contributed by atoms with Gasteiger partial charge in [-0.05, 0) is 55.0 Å². The van der Waals surface area contributed by atoms with Crippen molar-refractivity contribution in [1.29, 1.82) is 0 Å². The summed E-state index contributed by atoms with van der Waals surface area (Å²) in [6, 6.07) is 12.1. The molecule has 1 heterocycles. The second-order valence-corrected chi connectivity index (χ2v) is 7.19. The van der Waals surface area contributed by atoms with Crippen LogP contribution in [-0.2, 0) is 13.1 Å². The van der Waals surface area contributed by atoms with Gasteiger partial charge in [-0.2, -0.15) is 0 Å². The molecular weight excluding hydrogens is 300 g/mol. The molecule has 2 unspecified atom stereocenters. The van der Waals surface area contributed by atoms with Gasteiger partial charge in [0.05, 0.1) is 6.54 Å². The Morgan fingerprint density at radius 3 is 2.50 bits per heavy atom. The first-order chi connectivity index (χ1) is 11.7. The largest absolute Gasteiger partial charge is 0.464 e. The predicted octanol–water partition coefficient (Wildman–Crippen LogP) is 3.67. The summed E-state index contributed by atoms with van der Waals surface area (Å²) in [5, 5.41) is 0. The Labute approximate surface area is 142 Å². The summed E-state index contributed by atoms with van der Waals surface area (Å²) in [4.78, 5) is 14.8. The van der Waals surface area contributed by atoms with Crippen molar-refractivity contribution in [2.75, 3.05) is 0 Å². The fourth-order valence-corrected chi connectivity index (χ4v) is 3.27. The van der Waals surface area contributed by atoms with Gasteiger partial charge in [-0.3, -0.25) is 4.79 Å². The van der Waals surface area contributed by atoms with Gasteiger partial charge in [-0.15, -0.1) is 0 Å². The maximum Gasteiger partial charge on any atom is 0.254 e. The van der Waals surface area contributed by atoms with E-state index in [1.54, 1.807) is 0 Å². The number of benzene rings is 1. The molecule has 0 radical (unpaired) electrons. The molecule has 2 aromatic rings. The molecule has 0 aliphatic heterocycles. The highest BCUT2D eigenvalue weighted by molar-refractivity contribution is 5.94. The van der Waals surface area contributed by atoms with Crippen LogP contribution >= 0.6 is 0 Å². The van der Waals surface area contributed by atoms with E-state index in [0.29, 0.717) is 25.0 Å². The average molecular weight is 324 g/mol. The summed E-state index contributed by atoms with van der Waals surface area (Å²) in [7, 11) is 0. The smallest absolute Gasteiger partial charge is 0.254 e. The van der Waals surface area contributed by atoms with Gasteiger partial charge in [0.1, 0.15) is 11.5 Å². The SMILES string of the molecule is CC1CC1c1ccc(CN(C(=O)c2ccc(CN)cc2)C2CC2)o1. The Morgan fingerprint density at radius 1 is 1.21 bits per heavy atom. The first kappa shape index (κ1) is 15.5. The first-order valence-electron chi connectivity index (χ1n) is 8.84. The third-order valence-electron chi connectivity index (χ3n) is 5.17. The number of hydrogen-bond donors (Lipinski definition) is 1. The third kappa shape index (κ3) is 3.11. The molecule has 0 saturated heterocycles. The normalized spacial score (nSPS) is 22.4. The van der Waals surface area contributed by atoms with Gasteiger partial charge in [0.2, 0.25) is 0 Å². The minimum absolute atomic E-state index is 0.0822. The summed E-state index contributed by atoms with van der Waals surface area (Å²) in [5.41, 5.74) is 7.39. The molecule has 4 rings (SSSR count). The van der Waals surface area contributed by atoms with Gasteiger partial charge in [0.25, 0.3) is 5.91 Å². The molecule has 1 aromatic carbocycles. The highest BCUT2D eigenvalue weighted by Gasteiger charge is 2.37. The molecule has 0 bridgehead atoms. The van der Waals surface area contributed by atoms with Crippen molar-refractivity contribution >= 4 is 5.91 Å². The molecule has 2 aliphatic carbocycles. The summed E-state index contributed by atoms with van der Waals surface area (Å²) >= 11 is 0. The van der Waals surface area contributed by atoms with E-state index in [9.17, 15) is 4.79 Å². The van der Waals surface area contributed by atoms with E-state index in [1.807, 2.05) is 35.2 Å². The van der Waals surface area contributed by atoms with E-state index in [0.717, 1.165) is 41.4 Å². The Morgan fingerprint density at radius 2 is 1.92 bits per heavy atom. The number of carbonyl (C=O) groups excluding carboxylic acids is 1. The Bertz CT molecular complexity index is 730. The van der Waals surface area contributed by atoms with E-state index >= 15 is 0 Å². The molecule has 1 aromatic heterocycles. The van der Waals surface area contributed by atoms with Crippen LogP contribution in [0.4, 0.5) is 0 Å². The van der Waals surface area contributed by atoms with Gasteiger partial charge < -0.3 is 15.1 Å². The molecule has 2 saturated carbocycles. The van der Waals surface area contributed by atoms with Gasteiger partial charge in [-0.1, -0.05) is 19.1 Å². The lowest BCUT2D eigenvalue weighted by Gasteiger charge is -2.21. The molecule has 1 amide bonds. The Kier molecular flexibility index (Phi) is 3.93. The van der Waals surface area contributed by atoms with Crippen LogP contribution in [0.5, 0.6) is 0 Å². The van der Waals surface area contributed by atoms with Crippen molar-refractivity contribution in [3.05, 3.63) is 59.0 Å². The van der Waals surface area contributed by atoms with Crippen LogP contribution in [0, 0.1) is 5.92 Å². The van der Waals surface area contributed by atoms with Crippen molar-refractivity contribution in [2.24, 2.45) is 11.7 Å². The molecule has 2 aliphatic rings. The number of rotatable bonds is 6. The highest BCUT2D eigenvalue weighted by Crippen LogP contribution is 2.47. The van der Waals surface area contributed by atoms with E-state index in [1.165, 1.54) is 6.42 Å². The van der Waals surface area contributed by atoms with Crippen LogP contribution in [0.25, 0.3) is 0 Å². The molecule has 2 atom stereocenters. The van der Waals surface area contributed by atoms with Crippen molar-refractivity contribution in [3.8, 4) is 0 Å². The fraction of sp³-hybridized carbons (Fsp3) is 0.450. The van der Waals surface area contributed by atoms with Crippen molar-refractivity contribution < 1.29 is 9.21 Å². The fourth-order valence-electron chi connectivity index (χ4n) is 3.27. The number of furan rings is 1. The third-order valence-corrected chi connectivity index (χ3v) is 5.17. The van der Waals surface area contributed by atoms with Gasteiger partial charge >= 0.3 is 0 Å². The van der Waals surface area contributed by atoms with Gasteiger partial charge in [0, 0.05) is 24.1 Å². The van der Waals surface area contributed by atoms with E-state index in [2.05, 4.69) is 13.0 Å². The van der Waals surface area contributed by atoms with Crippen molar-refractivity contribution in [2.45, 2.75) is 51.2 Å². The Hall–Kier alpha value is -2.07. The summed E-state index contributed by atoms with van der Waals surface area (Å²) in [5.74, 6) is 3.36. The van der Waals surface area contributed by atoms with Gasteiger partial charge in [-0.25, -0.2) is 0 Å². The number of nitrogens with zero attached hydrogens (tertiary/aromatic N) is 1. The van der Waals surface area contributed by atoms with E-state index in [4.69, 9.17) is 10.2 Å². The second kappa shape index (κ2) is 6.10. The minimum Gasteiger partial charge on any atom is -0.464 e. The van der Waals surface area contributed by atoms with Crippen LogP contribution in [0.3, 0.4) is 0 Å². The molecule has 2 N–H and O–H groups in total. The summed E-state index contributed by atoms with van der Waals surface area (Å²) in [6.45, 7) is 3.30. The quantitative estimate of drug-likeness (QED) is 0.882. The second-order valence-electron chi connectivity index (χ2n) is 7.19. The van der Waals surface area contributed by atoms with Crippen LogP contribution in [0.2, 0.25) is 0 Å². The average Bonchev–Trinajstić information content (AvgIpc) is 3.53. The zero-order valence-electron chi connectivity index (χ0n) is 14.1. The Balaban J connectivity index is 1.49. The van der Waals surface area contributed by atoms with Crippen LogP contribution in [0.1, 0.15) is 59.5 Å². The number of hydrogen-bond acceptors (Lipinski definition) is 3. The maximum atomic E-state index is 12.9. The van der Waals surface area contributed by atoms with Crippen molar-refractivity contribution in [3.63, 3.8) is 0 Å². The zero-order chi connectivity index (χ0) is 16.7. The molecule has 4 heteroatoms. The molecular formula is C20H24N2O2. The van der Waals surface area contributed by atoms with Crippen molar-refractivity contribution in [1.82, 2.24) is 4.90 Å². The minimum atomic E-state index is 0.0822. The molecule has 126 valence electrons. The lowest BCUT2D eigenvalue weighted by molar-refractivity contribution is 0.0716. The molecule has 24 heavy (non-hydrogen) atoms.